The van der Waals surface area contributed by atoms with E-state index in [-0.39, 0.29) is 0 Å². The molecule has 0 aromatic carbocycles. The number of nitrogens with zero attached hydrogens (tertiary/aromatic N) is 1. The first-order valence-electron chi connectivity index (χ1n) is 7.44. The van der Waals surface area contributed by atoms with Crippen LogP contribution in [0.3, 0.4) is 0 Å². The van der Waals surface area contributed by atoms with Crippen LogP contribution < -0.4 is 5.32 Å². The molecule has 1 saturated heterocycles. The van der Waals surface area contributed by atoms with E-state index in [1.54, 1.807) is 0 Å². The van der Waals surface area contributed by atoms with E-state index in [4.69, 9.17) is 0 Å². The zero-order chi connectivity index (χ0) is 12.5. The minimum absolute atomic E-state index is 0.586. The maximum absolute atomic E-state index is 3.68. The SMILES string of the molecule is CC(C)CC1CN(C2CCC(C)(C)C2)CCN1. The predicted molar refractivity (Wildman–Crippen MR) is 74.2 cm³/mol. The van der Waals surface area contributed by atoms with Gasteiger partial charge < -0.3 is 5.32 Å². The van der Waals surface area contributed by atoms with Crippen molar-refractivity contribution in [1.29, 1.82) is 0 Å². The summed E-state index contributed by atoms with van der Waals surface area (Å²) in [5.41, 5.74) is 0.586. The van der Waals surface area contributed by atoms with Gasteiger partial charge in [0.25, 0.3) is 0 Å². The Balaban J connectivity index is 1.85. The molecular weight excluding hydrogens is 208 g/mol. The van der Waals surface area contributed by atoms with Crippen molar-refractivity contribution < 1.29 is 0 Å². The summed E-state index contributed by atoms with van der Waals surface area (Å²) in [5, 5.41) is 3.68. The summed E-state index contributed by atoms with van der Waals surface area (Å²) < 4.78 is 0. The highest BCUT2D eigenvalue weighted by Gasteiger charge is 2.35. The third kappa shape index (κ3) is 3.69. The average molecular weight is 238 g/mol. The van der Waals surface area contributed by atoms with E-state index in [0.29, 0.717) is 5.41 Å². The molecule has 1 aliphatic heterocycles. The summed E-state index contributed by atoms with van der Waals surface area (Å²) in [6.45, 7) is 13.3. The molecule has 0 radical (unpaired) electrons. The maximum Gasteiger partial charge on any atom is 0.0198 e. The average Bonchev–Trinajstić information content (AvgIpc) is 2.58. The van der Waals surface area contributed by atoms with Crippen molar-refractivity contribution in [2.24, 2.45) is 11.3 Å². The Kier molecular flexibility index (Phi) is 4.14. The minimum atomic E-state index is 0.586. The van der Waals surface area contributed by atoms with E-state index >= 15 is 0 Å². The normalized spacial score (nSPS) is 34.4. The smallest absolute Gasteiger partial charge is 0.0198 e. The highest BCUT2D eigenvalue weighted by molar-refractivity contribution is 4.91. The molecule has 2 rings (SSSR count). The molecule has 1 N–H and O–H groups in total. The van der Waals surface area contributed by atoms with Crippen molar-refractivity contribution in [3.05, 3.63) is 0 Å². The fraction of sp³-hybridized carbons (Fsp3) is 1.00. The second-order valence-electron chi connectivity index (χ2n) is 7.34. The Labute approximate surface area is 107 Å². The van der Waals surface area contributed by atoms with Gasteiger partial charge in [0.1, 0.15) is 0 Å². The first-order chi connectivity index (χ1) is 7.96. The van der Waals surface area contributed by atoms with Gasteiger partial charge in [-0.25, -0.2) is 0 Å². The van der Waals surface area contributed by atoms with Gasteiger partial charge in [-0.3, -0.25) is 4.90 Å². The van der Waals surface area contributed by atoms with Gasteiger partial charge in [0, 0.05) is 31.7 Å². The van der Waals surface area contributed by atoms with E-state index in [1.165, 1.54) is 45.3 Å². The van der Waals surface area contributed by atoms with Gasteiger partial charge in [-0.05, 0) is 37.0 Å². The zero-order valence-corrected chi connectivity index (χ0v) is 12.1. The number of hydrogen-bond donors (Lipinski definition) is 1. The van der Waals surface area contributed by atoms with Crippen LogP contribution in [0.5, 0.6) is 0 Å². The first kappa shape index (κ1) is 13.4. The number of hydrogen-bond acceptors (Lipinski definition) is 2. The van der Waals surface area contributed by atoms with Gasteiger partial charge in [-0.15, -0.1) is 0 Å². The van der Waals surface area contributed by atoms with E-state index in [9.17, 15) is 0 Å². The zero-order valence-electron chi connectivity index (χ0n) is 12.1. The molecule has 2 aliphatic rings. The second-order valence-corrected chi connectivity index (χ2v) is 7.34. The summed E-state index contributed by atoms with van der Waals surface area (Å²) in [4.78, 5) is 2.76. The van der Waals surface area contributed by atoms with Crippen LogP contribution in [0, 0.1) is 11.3 Å². The Morgan fingerprint density at radius 3 is 2.71 bits per heavy atom. The summed E-state index contributed by atoms with van der Waals surface area (Å²) in [7, 11) is 0. The van der Waals surface area contributed by atoms with Crippen LogP contribution >= 0.6 is 0 Å². The van der Waals surface area contributed by atoms with E-state index in [1.807, 2.05) is 0 Å². The lowest BCUT2D eigenvalue weighted by molar-refractivity contribution is 0.130. The van der Waals surface area contributed by atoms with Crippen molar-refractivity contribution in [3.63, 3.8) is 0 Å². The molecule has 2 nitrogen and oxygen atoms in total. The minimum Gasteiger partial charge on any atom is -0.311 e. The number of rotatable bonds is 3. The van der Waals surface area contributed by atoms with Crippen LogP contribution in [-0.2, 0) is 0 Å². The quantitative estimate of drug-likeness (QED) is 0.813. The standard InChI is InChI=1S/C15H30N2/c1-12(2)9-13-11-17(8-7-16-13)14-5-6-15(3,4)10-14/h12-14,16H,5-11H2,1-4H3. The monoisotopic (exact) mass is 238 g/mol. The Hall–Kier alpha value is -0.0800. The molecule has 2 atom stereocenters. The van der Waals surface area contributed by atoms with Crippen molar-refractivity contribution in [2.75, 3.05) is 19.6 Å². The van der Waals surface area contributed by atoms with Gasteiger partial charge in [-0.2, -0.15) is 0 Å². The summed E-state index contributed by atoms with van der Waals surface area (Å²) in [6, 6.07) is 1.59. The highest BCUT2D eigenvalue weighted by atomic mass is 15.2. The molecule has 0 aromatic rings. The van der Waals surface area contributed by atoms with E-state index in [2.05, 4.69) is 37.9 Å². The lowest BCUT2D eigenvalue weighted by Gasteiger charge is -2.38. The van der Waals surface area contributed by atoms with Gasteiger partial charge in [0.15, 0.2) is 0 Å². The van der Waals surface area contributed by atoms with Crippen LogP contribution in [0.4, 0.5) is 0 Å². The molecule has 17 heavy (non-hydrogen) atoms. The third-order valence-corrected chi connectivity index (χ3v) is 4.50. The molecule has 1 aliphatic carbocycles. The fourth-order valence-corrected chi connectivity index (χ4v) is 3.62. The van der Waals surface area contributed by atoms with Gasteiger partial charge in [0.2, 0.25) is 0 Å². The molecule has 1 saturated carbocycles. The second kappa shape index (κ2) is 5.27. The maximum atomic E-state index is 3.68. The van der Waals surface area contributed by atoms with Gasteiger partial charge in [-0.1, -0.05) is 27.7 Å². The van der Waals surface area contributed by atoms with Crippen molar-refractivity contribution in [2.45, 2.75) is 65.5 Å². The molecular formula is C15H30N2. The molecule has 1 heterocycles. The van der Waals surface area contributed by atoms with Gasteiger partial charge in [0.05, 0.1) is 0 Å². The molecule has 0 amide bonds. The van der Waals surface area contributed by atoms with E-state index in [0.717, 1.165) is 18.0 Å². The lowest BCUT2D eigenvalue weighted by Crippen LogP contribution is -2.53. The Morgan fingerprint density at radius 2 is 2.12 bits per heavy atom. The van der Waals surface area contributed by atoms with Crippen LogP contribution in [0.25, 0.3) is 0 Å². The van der Waals surface area contributed by atoms with Crippen LogP contribution in [-0.4, -0.2) is 36.6 Å². The Bertz CT molecular complexity index is 247. The fourth-order valence-electron chi connectivity index (χ4n) is 3.62. The van der Waals surface area contributed by atoms with Crippen LogP contribution in [0.2, 0.25) is 0 Å². The van der Waals surface area contributed by atoms with Crippen molar-refractivity contribution in [1.82, 2.24) is 10.2 Å². The highest BCUT2D eigenvalue weighted by Crippen LogP contribution is 2.39. The molecule has 0 aromatic heterocycles. The molecule has 2 fully saturated rings. The Morgan fingerprint density at radius 1 is 1.35 bits per heavy atom. The first-order valence-corrected chi connectivity index (χ1v) is 7.44. The van der Waals surface area contributed by atoms with Crippen molar-refractivity contribution >= 4 is 0 Å². The largest absolute Gasteiger partial charge is 0.311 e. The van der Waals surface area contributed by atoms with Gasteiger partial charge >= 0.3 is 0 Å². The predicted octanol–water partition coefficient (Wildman–Crippen LogP) is 2.89. The molecule has 2 heteroatoms. The number of nitrogens with one attached hydrogen (secondary N) is 1. The summed E-state index contributed by atoms with van der Waals surface area (Å²) in [6.07, 6.45) is 5.56. The third-order valence-electron chi connectivity index (χ3n) is 4.50. The lowest BCUT2D eigenvalue weighted by atomic mass is 9.91. The topological polar surface area (TPSA) is 15.3 Å². The summed E-state index contributed by atoms with van der Waals surface area (Å²) >= 11 is 0. The van der Waals surface area contributed by atoms with Crippen molar-refractivity contribution in [3.8, 4) is 0 Å². The number of piperazine rings is 1. The molecule has 100 valence electrons. The van der Waals surface area contributed by atoms with Crippen LogP contribution in [0.15, 0.2) is 0 Å². The molecule has 2 unspecified atom stereocenters. The molecule has 0 bridgehead atoms. The molecule has 0 spiro atoms. The summed E-state index contributed by atoms with van der Waals surface area (Å²) in [5.74, 6) is 0.812. The van der Waals surface area contributed by atoms with E-state index < -0.39 is 0 Å². The van der Waals surface area contributed by atoms with Crippen LogP contribution in [0.1, 0.15) is 53.4 Å².